The summed E-state index contributed by atoms with van der Waals surface area (Å²) in [6, 6.07) is 16.3. The van der Waals surface area contributed by atoms with E-state index in [1.807, 2.05) is 44.2 Å². The van der Waals surface area contributed by atoms with Gasteiger partial charge in [-0.25, -0.2) is 0 Å². The van der Waals surface area contributed by atoms with Crippen molar-refractivity contribution in [3.63, 3.8) is 0 Å². The smallest absolute Gasteiger partial charge is 0.310 e. The quantitative estimate of drug-likeness (QED) is 0.556. The topological polar surface area (TPSA) is 35.5 Å². The minimum absolute atomic E-state index is 0.0880. The molecule has 3 nitrogen and oxygen atoms in total. The number of rotatable bonds is 6. The lowest BCUT2D eigenvalue weighted by atomic mass is 10.1. The van der Waals surface area contributed by atoms with E-state index in [0.29, 0.717) is 17.1 Å². The van der Waals surface area contributed by atoms with Crippen LogP contribution < -0.4 is 4.74 Å². The van der Waals surface area contributed by atoms with Gasteiger partial charge in [0.05, 0.1) is 7.29 Å². The third kappa shape index (κ3) is 4.40. The van der Waals surface area contributed by atoms with E-state index in [1.54, 1.807) is 30.3 Å². The van der Waals surface area contributed by atoms with Crippen molar-refractivity contribution in [3.8, 4) is 11.5 Å². The first-order chi connectivity index (χ1) is 12.8. The molecule has 0 bridgehead atoms. The molecule has 0 heterocycles. The molecule has 0 spiro atoms. The van der Waals surface area contributed by atoms with Crippen molar-refractivity contribution in [2.75, 3.05) is 0 Å². The molecule has 0 saturated heterocycles. The maximum absolute atomic E-state index is 12.5. The second-order valence-electron chi connectivity index (χ2n) is 6.82. The zero-order valence-electron chi connectivity index (χ0n) is 15.5. The predicted octanol–water partition coefficient (Wildman–Crippen LogP) is 6.11. The van der Waals surface area contributed by atoms with Gasteiger partial charge >= 0.3 is 5.97 Å². The van der Waals surface area contributed by atoms with Crippen LogP contribution in [-0.4, -0.2) is 5.97 Å². The monoisotopic (exact) mass is 391 g/mol. The van der Waals surface area contributed by atoms with E-state index in [2.05, 4.69) is 0 Å². The fourth-order valence-corrected chi connectivity index (χ4v) is 3.32. The third-order valence-corrected chi connectivity index (χ3v) is 4.87. The Morgan fingerprint density at radius 3 is 2.54 bits per heavy atom. The van der Waals surface area contributed by atoms with Gasteiger partial charge in [-0.15, -0.1) is 0 Å². The average Bonchev–Trinajstić information content (AvgIpc) is 3.15. The summed E-state index contributed by atoms with van der Waals surface area (Å²) in [5.41, 5.74) is 0.252. The number of esters is 1. The number of allylic oxidation sites excluding steroid dienone is 1. The largest absolute Gasteiger partial charge is 0.461 e. The summed E-state index contributed by atoms with van der Waals surface area (Å²) < 4.78 is 19.5. The number of carbonyl (C=O) groups is 1. The predicted molar refractivity (Wildman–Crippen MR) is 103 cm³/mol. The van der Waals surface area contributed by atoms with Crippen LogP contribution in [0.15, 0.2) is 65.2 Å². The Kier molecular flexibility index (Phi) is 5.18. The van der Waals surface area contributed by atoms with E-state index >= 15 is 0 Å². The van der Waals surface area contributed by atoms with E-state index in [0.717, 1.165) is 0 Å². The molecule has 0 aromatic heterocycles. The number of ether oxygens (including phenoxy) is 2. The summed E-state index contributed by atoms with van der Waals surface area (Å²) in [5.74, 6) is 0.399. The van der Waals surface area contributed by atoms with Gasteiger partial charge in [0.2, 0.25) is 0 Å². The summed E-state index contributed by atoms with van der Waals surface area (Å²) >= 11 is 11.4. The first-order valence-electron chi connectivity index (χ1n) is 8.85. The Balaban J connectivity index is 1.66. The number of carbonyl (C=O) groups excluding carboxylic acids is 1. The van der Waals surface area contributed by atoms with Crippen molar-refractivity contribution in [1.29, 1.82) is 0 Å². The Morgan fingerprint density at radius 2 is 1.85 bits per heavy atom. The molecule has 136 valence electrons. The van der Waals surface area contributed by atoms with E-state index in [-0.39, 0.29) is 21.7 Å². The third-order valence-electron chi connectivity index (χ3n) is 4.62. The summed E-state index contributed by atoms with van der Waals surface area (Å²) in [4.78, 5) is 12.5. The number of benzene rings is 2. The van der Waals surface area contributed by atoms with Crippen molar-refractivity contribution >= 4 is 29.2 Å². The van der Waals surface area contributed by atoms with Gasteiger partial charge in [-0.2, -0.15) is 0 Å². The molecule has 0 radical (unpaired) electrons. The van der Waals surface area contributed by atoms with Crippen LogP contribution in [0.25, 0.3) is 0 Å². The fourth-order valence-electron chi connectivity index (χ4n) is 3.05. The molecule has 3 rings (SSSR count). The van der Waals surface area contributed by atoms with Gasteiger partial charge in [0.1, 0.15) is 22.6 Å². The zero-order valence-corrected chi connectivity index (χ0v) is 16.0. The Hall–Kier alpha value is -1.97. The molecule has 1 aliphatic carbocycles. The molecule has 1 fully saturated rings. The normalized spacial score (nSPS) is 21.9. The molecular weight excluding hydrogens is 371 g/mol. The van der Waals surface area contributed by atoms with Crippen molar-refractivity contribution in [2.45, 2.75) is 20.4 Å². The van der Waals surface area contributed by atoms with Crippen LogP contribution in [0.2, 0.25) is 0 Å². The Labute approximate surface area is 164 Å². The van der Waals surface area contributed by atoms with Crippen molar-refractivity contribution in [1.82, 2.24) is 0 Å². The van der Waals surface area contributed by atoms with E-state index < -0.39 is 12.6 Å². The van der Waals surface area contributed by atoms with Gasteiger partial charge in [-0.05, 0) is 47.2 Å². The molecule has 0 amide bonds. The van der Waals surface area contributed by atoms with Crippen LogP contribution >= 0.6 is 23.2 Å². The number of hydrogen-bond donors (Lipinski definition) is 0. The molecular formula is C21H20Cl2O3. The van der Waals surface area contributed by atoms with E-state index in [9.17, 15) is 4.79 Å². The van der Waals surface area contributed by atoms with Crippen LogP contribution in [-0.2, 0) is 16.1 Å². The minimum Gasteiger partial charge on any atom is -0.461 e. The highest BCUT2D eigenvalue weighted by Crippen LogP contribution is 2.60. The Morgan fingerprint density at radius 1 is 1.15 bits per heavy atom. The summed E-state index contributed by atoms with van der Waals surface area (Å²) in [6.45, 7) is 2.76. The molecule has 2 aromatic carbocycles. The van der Waals surface area contributed by atoms with Crippen LogP contribution in [0.3, 0.4) is 0 Å². The van der Waals surface area contributed by atoms with Gasteiger partial charge in [0.25, 0.3) is 0 Å². The molecule has 2 aromatic rings. The first-order valence-corrected chi connectivity index (χ1v) is 9.03. The molecule has 0 N–H and O–H groups in total. The van der Waals surface area contributed by atoms with Crippen molar-refractivity contribution < 1.29 is 15.6 Å². The molecule has 1 aliphatic rings. The van der Waals surface area contributed by atoms with Gasteiger partial charge < -0.3 is 9.47 Å². The number of para-hydroxylation sites is 1. The maximum Gasteiger partial charge on any atom is 0.310 e. The first kappa shape index (κ1) is 17.4. The van der Waals surface area contributed by atoms with Crippen LogP contribution in [0, 0.1) is 17.3 Å². The number of hydrogen-bond acceptors (Lipinski definition) is 3. The fraction of sp³-hybridized carbons (Fsp3) is 0.286. The van der Waals surface area contributed by atoms with Gasteiger partial charge in [-0.1, -0.05) is 67.4 Å². The second-order valence-corrected chi connectivity index (χ2v) is 7.83. The second kappa shape index (κ2) is 7.73. The molecule has 5 heteroatoms. The minimum atomic E-state index is -1.13. The SMILES string of the molecule is [2H]C(OC(=O)C1C(C=C(Cl)Cl)C1(C)C)c1cccc(Oc2ccccc2)c1. The lowest BCUT2D eigenvalue weighted by Gasteiger charge is -2.09. The van der Waals surface area contributed by atoms with Crippen LogP contribution in [0.5, 0.6) is 11.5 Å². The van der Waals surface area contributed by atoms with Crippen molar-refractivity contribution in [2.24, 2.45) is 17.3 Å². The Bertz CT molecular complexity index is 848. The van der Waals surface area contributed by atoms with Gasteiger partial charge in [0, 0.05) is 0 Å². The number of halogens is 2. The average molecular weight is 392 g/mol. The van der Waals surface area contributed by atoms with Gasteiger partial charge in [-0.3, -0.25) is 4.79 Å². The maximum atomic E-state index is 12.5. The molecule has 0 aliphatic heterocycles. The lowest BCUT2D eigenvalue weighted by Crippen LogP contribution is -2.10. The molecule has 1 saturated carbocycles. The molecule has 3 unspecified atom stereocenters. The molecule has 3 atom stereocenters. The summed E-state index contributed by atoms with van der Waals surface area (Å²) in [7, 11) is 0. The highest BCUT2D eigenvalue weighted by atomic mass is 35.5. The van der Waals surface area contributed by atoms with Gasteiger partial charge in [0.15, 0.2) is 0 Å². The van der Waals surface area contributed by atoms with Crippen LogP contribution in [0.4, 0.5) is 0 Å². The van der Waals surface area contributed by atoms with E-state index in [1.165, 1.54) is 0 Å². The van der Waals surface area contributed by atoms with Crippen molar-refractivity contribution in [3.05, 3.63) is 70.7 Å². The standard InChI is InChI=1S/C21H20Cl2O3/c1-21(2)17(12-18(22)23)19(21)20(24)25-13-14-7-6-10-16(11-14)26-15-8-4-3-5-9-15/h3-12,17,19H,13H2,1-2H3/i13D. The molecule has 26 heavy (non-hydrogen) atoms. The van der Waals surface area contributed by atoms with Crippen LogP contribution in [0.1, 0.15) is 20.8 Å². The summed E-state index contributed by atoms with van der Waals surface area (Å²) in [5, 5.41) is 0. The summed E-state index contributed by atoms with van der Waals surface area (Å²) in [6.07, 6.45) is 1.66. The van der Waals surface area contributed by atoms with E-state index in [4.69, 9.17) is 34.0 Å². The zero-order chi connectivity index (χ0) is 19.6. The highest BCUT2D eigenvalue weighted by molar-refractivity contribution is 6.55. The lowest BCUT2D eigenvalue weighted by molar-refractivity contribution is -0.147. The highest BCUT2D eigenvalue weighted by Gasteiger charge is 2.61.